The Morgan fingerprint density at radius 3 is 2.65 bits per heavy atom. The van der Waals surface area contributed by atoms with Crippen LogP contribution in [0.1, 0.15) is 58.8 Å². The smallest absolute Gasteiger partial charge is 0.0249 e. The van der Waals surface area contributed by atoms with Gasteiger partial charge < -0.3 is 5.32 Å². The Morgan fingerprint density at radius 1 is 1.00 bits per heavy atom. The maximum Gasteiger partial charge on any atom is 0.0249 e. The van der Waals surface area contributed by atoms with Crippen molar-refractivity contribution >= 4 is 0 Å². The normalized spacial score (nSPS) is 36.7. The third kappa shape index (κ3) is 3.69. The van der Waals surface area contributed by atoms with E-state index in [1.807, 2.05) is 0 Å². The first kappa shape index (κ1) is 13.4. The summed E-state index contributed by atoms with van der Waals surface area (Å²) in [4.78, 5) is 2.80. The fourth-order valence-electron chi connectivity index (χ4n) is 3.67. The zero-order valence-corrected chi connectivity index (χ0v) is 11.8. The minimum atomic E-state index is 0.766. The number of likely N-dealkylation sites (N-methyl/N-ethyl adjacent to an activating group) is 1. The number of hydrogen-bond donors (Lipinski definition) is 1. The van der Waals surface area contributed by atoms with Crippen LogP contribution in [0.15, 0.2) is 0 Å². The molecule has 1 aliphatic carbocycles. The van der Waals surface area contributed by atoms with Crippen LogP contribution in [0.5, 0.6) is 0 Å². The average molecular weight is 238 g/mol. The van der Waals surface area contributed by atoms with Crippen LogP contribution in [0.2, 0.25) is 0 Å². The largest absolute Gasteiger partial charge is 0.313 e. The van der Waals surface area contributed by atoms with Gasteiger partial charge in [0.15, 0.2) is 0 Å². The highest BCUT2D eigenvalue weighted by atomic mass is 15.2. The van der Waals surface area contributed by atoms with Gasteiger partial charge in [0, 0.05) is 12.1 Å². The van der Waals surface area contributed by atoms with Gasteiger partial charge in [-0.3, -0.25) is 4.90 Å². The van der Waals surface area contributed by atoms with Crippen molar-refractivity contribution in [3.8, 4) is 0 Å². The third-order valence-corrected chi connectivity index (χ3v) is 4.72. The van der Waals surface area contributed by atoms with Crippen LogP contribution in [0.3, 0.4) is 0 Å². The predicted octanol–water partition coefficient (Wildman–Crippen LogP) is 3.03. The van der Waals surface area contributed by atoms with Crippen molar-refractivity contribution in [1.82, 2.24) is 10.2 Å². The van der Waals surface area contributed by atoms with E-state index in [0.717, 1.165) is 24.5 Å². The van der Waals surface area contributed by atoms with Crippen molar-refractivity contribution in [3.63, 3.8) is 0 Å². The Balaban J connectivity index is 1.92. The number of likely N-dealkylation sites (tertiary alicyclic amines) is 1. The van der Waals surface area contributed by atoms with Crippen LogP contribution in [0, 0.1) is 5.92 Å². The summed E-state index contributed by atoms with van der Waals surface area (Å²) in [6.45, 7) is 8.48. The first-order valence-electron chi connectivity index (χ1n) is 7.78. The second kappa shape index (κ2) is 6.75. The Hall–Kier alpha value is -0.0800. The minimum Gasteiger partial charge on any atom is -0.313 e. The van der Waals surface area contributed by atoms with E-state index in [1.54, 1.807) is 0 Å². The van der Waals surface area contributed by atoms with Crippen LogP contribution in [-0.2, 0) is 0 Å². The lowest BCUT2D eigenvalue weighted by Crippen LogP contribution is -2.52. The SMILES string of the molecule is CCNC1CCCCC1N1CCCC(C)CC1. The van der Waals surface area contributed by atoms with Crippen LogP contribution < -0.4 is 5.32 Å². The molecule has 1 saturated carbocycles. The molecule has 2 nitrogen and oxygen atoms in total. The molecule has 2 fully saturated rings. The molecule has 2 rings (SSSR count). The van der Waals surface area contributed by atoms with Crippen molar-refractivity contribution in [2.45, 2.75) is 70.9 Å². The number of hydrogen-bond acceptors (Lipinski definition) is 2. The predicted molar refractivity (Wildman–Crippen MR) is 74.3 cm³/mol. The van der Waals surface area contributed by atoms with Gasteiger partial charge in [0.1, 0.15) is 0 Å². The summed E-state index contributed by atoms with van der Waals surface area (Å²) >= 11 is 0. The summed E-state index contributed by atoms with van der Waals surface area (Å²) in [5.41, 5.74) is 0. The summed E-state index contributed by atoms with van der Waals surface area (Å²) in [7, 11) is 0. The Morgan fingerprint density at radius 2 is 1.82 bits per heavy atom. The molecule has 100 valence electrons. The van der Waals surface area contributed by atoms with E-state index in [9.17, 15) is 0 Å². The average Bonchev–Trinajstić information content (AvgIpc) is 2.55. The Labute approximate surface area is 107 Å². The van der Waals surface area contributed by atoms with E-state index in [2.05, 4.69) is 24.1 Å². The number of rotatable bonds is 3. The van der Waals surface area contributed by atoms with Gasteiger partial charge in [-0.05, 0) is 57.7 Å². The van der Waals surface area contributed by atoms with E-state index < -0.39 is 0 Å². The van der Waals surface area contributed by atoms with Crippen LogP contribution >= 0.6 is 0 Å². The molecule has 17 heavy (non-hydrogen) atoms. The third-order valence-electron chi connectivity index (χ3n) is 4.72. The molecule has 0 bridgehead atoms. The van der Waals surface area contributed by atoms with Crippen molar-refractivity contribution in [1.29, 1.82) is 0 Å². The van der Waals surface area contributed by atoms with E-state index in [0.29, 0.717) is 0 Å². The Bertz CT molecular complexity index is 215. The molecule has 2 aliphatic rings. The van der Waals surface area contributed by atoms with Gasteiger partial charge in [0.2, 0.25) is 0 Å². The monoisotopic (exact) mass is 238 g/mol. The molecule has 3 atom stereocenters. The van der Waals surface area contributed by atoms with E-state index >= 15 is 0 Å². The zero-order valence-electron chi connectivity index (χ0n) is 11.8. The molecule has 1 aliphatic heterocycles. The number of nitrogens with one attached hydrogen (secondary N) is 1. The summed E-state index contributed by atoms with van der Waals surface area (Å²) in [5.74, 6) is 0.946. The summed E-state index contributed by atoms with van der Waals surface area (Å²) in [6.07, 6.45) is 9.95. The maximum atomic E-state index is 3.72. The first-order valence-corrected chi connectivity index (χ1v) is 7.78. The lowest BCUT2D eigenvalue weighted by atomic mass is 9.89. The molecule has 0 radical (unpaired) electrons. The molecule has 0 aromatic heterocycles. The lowest BCUT2D eigenvalue weighted by molar-refractivity contribution is 0.125. The Kier molecular flexibility index (Phi) is 5.30. The topological polar surface area (TPSA) is 15.3 Å². The molecule has 0 aromatic rings. The highest BCUT2D eigenvalue weighted by molar-refractivity contribution is 4.89. The van der Waals surface area contributed by atoms with Crippen molar-refractivity contribution in [2.75, 3.05) is 19.6 Å². The second-order valence-electron chi connectivity index (χ2n) is 6.09. The van der Waals surface area contributed by atoms with Gasteiger partial charge in [-0.15, -0.1) is 0 Å². The van der Waals surface area contributed by atoms with Crippen LogP contribution in [-0.4, -0.2) is 36.6 Å². The molecular weight excluding hydrogens is 208 g/mol. The van der Waals surface area contributed by atoms with Crippen molar-refractivity contribution < 1.29 is 0 Å². The van der Waals surface area contributed by atoms with Crippen molar-refractivity contribution in [3.05, 3.63) is 0 Å². The van der Waals surface area contributed by atoms with Gasteiger partial charge in [-0.2, -0.15) is 0 Å². The molecule has 2 heteroatoms. The fraction of sp³-hybridized carbons (Fsp3) is 1.00. The summed E-state index contributed by atoms with van der Waals surface area (Å²) < 4.78 is 0. The van der Waals surface area contributed by atoms with Gasteiger partial charge in [-0.25, -0.2) is 0 Å². The van der Waals surface area contributed by atoms with Crippen LogP contribution in [0.4, 0.5) is 0 Å². The highest BCUT2D eigenvalue weighted by Crippen LogP contribution is 2.26. The fourth-order valence-corrected chi connectivity index (χ4v) is 3.67. The summed E-state index contributed by atoms with van der Waals surface area (Å²) in [5, 5.41) is 3.72. The van der Waals surface area contributed by atoms with E-state index in [1.165, 1.54) is 58.0 Å². The number of nitrogens with zero attached hydrogens (tertiary/aromatic N) is 1. The van der Waals surface area contributed by atoms with E-state index in [-0.39, 0.29) is 0 Å². The molecule has 1 saturated heterocycles. The molecule has 3 unspecified atom stereocenters. The van der Waals surface area contributed by atoms with Gasteiger partial charge >= 0.3 is 0 Å². The molecule has 1 heterocycles. The van der Waals surface area contributed by atoms with E-state index in [4.69, 9.17) is 0 Å². The van der Waals surface area contributed by atoms with Gasteiger partial charge in [0.05, 0.1) is 0 Å². The van der Waals surface area contributed by atoms with Gasteiger partial charge in [0.25, 0.3) is 0 Å². The molecule has 0 amide bonds. The van der Waals surface area contributed by atoms with Crippen LogP contribution in [0.25, 0.3) is 0 Å². The molecule has 1 N–H and O–H groups in total. The molecular formula is C15H30N2. The second-order valence-corrected chi connectivity index (χ2v) is 6.09. The van der Waals surface area contributed by atoms with Crippen molar-refractivity contribution in [2.24, 2.45) is 5.92 Å². The summed E-state index contributed by atoms with van der Waals surface area (Å²) in [6, 6.07) is 1.59. The molecule has 0 aromatic carbocycles. The quantitative estimate of drug-likeness (QED) is 0.813. The highest BCUT2D eigenvalue weighted by Gasteiger charge is 2.30. The van der Waals surface area contributed by atoms with Gasteiger partial charge in [-0.1, -0.05) is 26.7 Å². The molecule has 0 spiro atoms. The standard InChI is InChI=1S/C15H30N2/c1-3-16-14-8-4-5-9-15(14)17-11-6-7-13(2)10-12-17/h13-16H,3-12H2,1-2H3. The first-order chi connectivity index (χ1) is 8.31. The minimum absolute atomic E-state index is 0.766. The zero-order chi connectivity index (χ0) is 12.1. The lowest BCUT2D eigenvalue weighted by Gasteiger charge is -2.40. The maximum absolute atomic E-state index is 3.72.